The van der Waals surface area contributed by atoms with Crippen molar-refractivity contribution in [2.45, 2.75) is 25.9 Å². The molecule has 0 spiro atoms. The lowest BCUT2D eigenvalue weighted by Gasteiger charge is -2.26. The van der Waals surface area contributed by atoms with Crippen LogP contribution in [0.4, 0.5) is 0 Å². The van der Waals surface area contributed by atoms with E-state index in [0.29, 0.717) is 11.0 Å². The summed E-state index contributed by atoms with van der Waals surface area (Å²) in [6.45, 7) is 2.51. The van der Waals surface area contributed by atoms with Crippen LogP contribution in [-0.2, 0) is 16.0 Å². The van der Waals surface area contributed by atoms with Crippen molar-refractivity contribution in [3.8, 4) is 0 Å². The molecule has 2 atom stereocenters. The molecular weight excluding hydrogens is 266 g/mol. The highest BCUT2D eigenvalue weighted by Gasteiger charge is 2.19. The number of aliphatic hydroxyl groups is 1. The normalized spacial score (nSPS) is 14.5. The second-order valence-electron chi connectivity index (χ2n) is 6.68. The number of benzene rings is 1. The van der Waals surface area contributed by atoms with E-state index in [4.69, 9.17) is 4.74 Å². The van der Waals surface area contributed by atoms with Crippen molar-refractivity contribution in [3.63, 3.8) is 0 Å². The first-order valence-electron chi connectivity index (χ1n) is 7.47. The molecule has 1 rings (SSSR count). The summed E-state index contributed by atoms with van der Waals surface area (Å²) in [5.41, 5.74) is 1.22. The average Bonchev–Trinajstić information content (AvgIpc) is 2.41. The Hall–Kier alpha value is -1.39. The van der Waals surface area contributed by atoms with Crippen LogP contribution in [0.2, 0.25) is 0 Å². The van der Waals surface area contributed by atoms with Gasteiger partial charge in [0, 0.05) is 0 Å². The number of likely N-dealkylation sites (N-methyl/N-ethyl adjacent to an activating group) is 1. The zero-order valence-electron chi connectivity index (χ0n) is 13.6. The number of nitrogens with zero attached hydrogens (tertiary/aromatic N) is 1. The monoisotopic (exact) mass is 294 g/mol. The molecule has 0 aliphatic heterocycles. The molecule has 21 heavy (non-hydrogen) atoms. The molecule has 0 fully saturated rings. The maximum Gasteiger partial charge on any atom is 0.308 e. The number of carbonyl (C=O) groups excluding carboxylic acids is 1. The molecule has 0 heterocycles. The van der Waals surface area contributed by atoms with E-state index in [1.807, 2.05) is 46.3 Å². The van der Waals surface area contributed by atoms with Crippen LogP contribution in [0.5, 0.6) is 0 Å². The summed E-state index contributed by atoms with van der Waals surface area (Å²) < 4.78 is 5.84. The summed E-state index contributed by atoms with van der Waals surface area (Å²) in [6.07, 6.45) is 1.00. The molecule has 0 saturated carbocycles. The Morgan fingerprint density at radius 2 is 1.86 bits per heavy atom. The number of quaternary nitrogens is 1. The lowest BCUT2D eigenvalue weighted by molar-refractivity contribution is -0.873. The topological polar surface area (TPSA) is 46.5 Å². The molecule has 118 valence electrons. The highest BCUT2D eigenvalue weighted by Crippen LogP contribution is 2.11. The maximum absolute atomic E-state index is 11.9. The van der Waals surface area contributed by atoms with Crippen molar-refractivity contribution in [2.75, 3.05) is 34.3 Å². The summed E-state index contributed by atoms with van der Waals surface area (Å²) in [4.78, 5) is 11.9. The standard InChI is InChI=1S/C17H28NO3/c1-14(10-11-15-8-6-5-7-9-15)17(20)21-13-16(19)12-18(2,3)4/h5-9,14,16,19H,10-13H2,1-4H3/q+1. The highest BCUT2D eigenvalue weighted by molar-refractivity contribution is 5.71. The van der Waals surface area contributed by atoms with Crippen LogP contribution in [0.15, 0.2) is 30.3 Å². The van der Waals surface area contributed by atoms with E-state index >= 15 is 0 Å². The molecule has 0 radical (unpaired) electrons. The van der Waals surface area contributed by atoms with Gasteiger partial charge in [0.2, 0.25) is 0 Å². The van der Waals surface area contributed by atoms with Gasteiger partial charge in [-0.3, -0.25) is 4.79 Å². The van der Waals surface area contributed by atoms with Crippen LogP contribution >= 0.6 is 0 Å². The van der Waals surface area contributed by atoms with Gasteiger partial charge in [-0.2, -0.15) is 0 Å². The number of rotatable bonds is 8. The molecule has 0 saturated heterocycles. The van der Waals surface area contributed by atoms with Crippen molar-refractivity contribution < 1.29 is 19.1 Å². The molecule has 1 N–H and O–H groups in total. The maximum atomic E-state index is 11.9. The largest absolute Gasteiger partial charge is 0.462 e. The molecule has 4 nitrogen and oxygen atoms in total. The number of carbonyl (C=O) groups is 1. The van der Waals surface area contributed by atoms with Crippen molar-refractivity contribution in [1.29, 1.82) is 0 Å². The van der Waals surface area contributed by atoms with Crippen LogP contribution in [0.25, 0.3) is 0 Å². The lowest BCUT2D eigenvalue weighted by Crippen LogP contribution is -2.43. The molecule has 0 amide bonds. The summed E-state index contributed by atoms with van der Waals surface area (Å²) in [6, 6.07) is 10.1. The van der Waals surface area contributed by atoms with E-state index in [2.05, 4.69) is 12.1 Å². The van der Waals surface area contributed by atoms with Crippen molar-refractivity contribution >= 4 is 5.97 Å². The van der Waals surface area contributed by atoms with Crippen LogP contribution in [-0.4, -0.2) is 56.0 Å². The van der Waals surface area contributed by atoms with Gasteiger partial charge in [-0.05, 0) is 18.4 Å². The third kappa shape index (κ3) is 7.83. The highest BCUT2D eigenvalue weighted by atomic mass is 16.5. The fourth-order valence-corrected chi connectivity index (χ4v) is 2.15. The second kappa shape index (κ2) is 8.15. The van der Waals surface area contributed by atoms with Crippen molar-refractivity contribution in [3.05, 3.63) is 35.9 Å². The Morgan fingerprint density at radius 1 is 1.24 bits per heavy atom. The third-order valence-electron chi connectivity index (χ3n) is 3.29. The molecule has 0 aliphatic rings. The molecule has 1 aromatic rings. The van der Waals surface area contributed by atoms with Gasteiger partial charge in [0.15, 0.2) is 0 Å². The van der Waals surface area contributed by atoms with E-state index in [1.165, 1.54) is 5.56 Å². The Bertz CT molecular complexity index is 425. The number of hydrogen-bond donors (Lipinski definition) is 1. The average molecular weight is 294 g/mol. The number of aryl methyl sites for hydroxylation is 1. The predicted molar refractivity (Wildman–Crippen MR) is 83.8 cm³/mol. The fraction of sp³-hybridized carbons (Fsp3) is 0.588. The van der Waals surface area contributed by atoms with Gasteiger partial charge >= 0.3 is 5.97 Å². The number of aliphatic hydroxyl groups excluding tert-OH is 1. The van der Waals surface area contributed by atoms with E-state index in [-0.39, 0.29) is 18.5 Å². The van der Waals surface area contributed by atoms with Crippen molar-refractivity contribution in [2.24, 2.45) is 5.92 Å². The second-order valence-corrected chi connectivity index (χ2v) is 6.68. The Balaban J connectivity index is 2.28. The Morgan fingerprint density at radius 3 is 2.43 bits per heavy atom. The third-order valence-corrected chi connectivity index (χ3v) is 3.29. The minimum atomic E-state index is -0.615. The smallest absolute Gasteiger partial charge is 0.308 e. The minimum absolute atomic E-state index is 0.0734. The lowest BCUT2D eigenvalue weighted by atomic mass is 10.0. The van der Waals surface area contributed by atoms with E-state index in [9.17, 15) is 9.90 Å². The Labute approximate surface area is 127 Å². The molecule has 1 aromatic carbocycles. The SMILES string of the molecule is CC(CCc1ccccc1)C(=O)OCC(O)C[N+](C)(C)C. The number of hydrogen-bond acceptors (Lipinski definition) is 3. The zero-order valence-corrected chi connectivity index (χ0v) is 13.6. The van der Waals surface area contributed by atoms with Crippen LogP contribution in [0.3, 0.4) is 0 Å². The first-order valence-corrected chi connectivity index (χ1v) is 7.47. The minimum Gasteiger partial charge on any atom is -0.462 e. The van der Waals surface area contributed by atoms with Gasteiger partial charge in [0.05, 0.1) is 27.1 Å². The molecule has 2 unspecified atom stereocenters. The van der Waals surface area contributed by atoms with Crippen LogP contribution in [0, 0.1) is 5.92 Å². The zero-order chi connectivity index (χ0) is 15.9. The Kier molecular flexibility index (Phi) is 6.85. The van der Waals surface area contributed by atoms with E-state index < -0.39 is 6.10 Å². The molecule has 0 aliphatic carbocycles. The van der Waals surface area contributed by atoms with Gasteiger partial charge < -0.3 is 14.3 Å². The van der Waals surface area contributed by atoms with Gasteiger partial charge in [-0.25, -0.2) is 0 Å². The van der Waals surface area contributed by atoms with Gasteiger partial charge in [0.25, 0.3) is 0 Å². The summed E-state index contributed by atoms with van der Waals surface area (Å²) in [5, 5.41) is 9.83. The predicted octanol–water partition coefficient (Wildman–Crippen LogP) is 1.87. The van der Waals surface area contributed by atoms with Gasteiger partial charge in [-0.15, -0.1) is 0 Å². The molecular formula is C17H28NO3+. The van der Waals surface area contributed by atoms with Crippen LogP contribution in [0.1, 0.15) is 18.9 Å². The number of ether oxygens (including phenoxy) is 1. The van der Waals surface area contributed by atoms with E-state index in [0.717, 1.165) is 12.8 Å². The number of esters is 1. The first kappa shape index (κ1) is 17.7. The van der Waals surface area contributed by atoms with E-state index in [1.54, 1.807) is 0 Å². The first-order chi connectivity index (χ1) is 9.78. The summed E-state index contributed by atoms with van der Waals surface area (Å²) in [7, 11) is 5.98. The fourth-order valence-electron chi connectivity index (χ4n) is 2.15. The van der Waals surface area contributed by atoms with Gasteiger partial charge in [-0.1, -0.05) is 37.3 Å². The summed E-state index contributed by atoms with van der Waals surface area (Å²) >= 11 is 0. The van der Waals surface area contributed by atoms with Crippen molar-refractivity contribution in [1.82, 2.24) is 0 Å². The van der Waals surface area contributed by atoms with Crippen LogP contribution < -0.4 is 0 Å². The molecule has 0 aromatic heterocycles. The van der Waals surface area contributed by atoms with Gasteiger partial charge in [0.1, 0.15) is 19.3 Å². The molecule has 4 heteroatoms. The quantitative estimate of drug-likeness (QED) is 0.588. The summed E-state index contributed by atoms with van der Waals surface area (Å²) in [5.74, 6) is -0.382. The molecule has 0 bridgehead atoms.